The number of rotatable bonds is 4. The first-order chi connectivity index (χ1) is 8.68. The number of halogens is 1. The highest BCUT2D eigenvalue weighted by molar-refractivity contribution is 6.67. The molecule has 1 aromatic carbocycles. The predicted molar refractivity (Wildman–Crippen MR) is 65.9 cm³/mol. The van der Waals surface area contributed by atoms with Gasteiger partial charge in [0.1, 0.15) is 6.61 Å². The van der Waals surface area contributed by atoms with Crippen LogP contribution in [0.2, 0.25) is 0 Å². The Hall–Kier alpha value is -2.07. The van der Waals surface area contributed by atoms with E-state index in [1.165, 1.54) is 6.07 Å². The van der Waals surface area contributed by atoms with Crippen molar-refractivity contribution in [2.45, 2.75) is 6.61 Å². The molecule has 1 aromatic heterocycles. The van der Waals surface area contributed by atoms with Crippen LogP contribution in [0.4, 0.5) is 0 Å². The smallest absolute Gasteiger partial charge is 0.291 e. The quantitative estimate of drug-likeness (QED) is 0.797. The molecule has 0 spiro atoms. The van der Waals surface area contributed by atoms with E-state index in [0.29, 0.717) is 0 Å². The lowest BCUT2D eigenvalue weighted by Gasteiger charge is -2.06. The zero-order valence-electron chi connectivity index (χ0n) is 9.26. The molecule has 0 bridgehead atoms. The maximum absolute atomic E-state index is 11.6. The van der Waals surface area contributed by atoms with E-state index >= 15 is 0 Å². The summed E-state index contributed by atoms with van der Waals surface area (Å²) in [7, 11) is 0. The minimum Gasteiger partial charge on any atom is -0.481 e. The zero-order chi connectivity index (χ0) is 13.0. The summed E-state index contributed by atoms with van der Waals surface area (Å²) in [5, 5.41) is -0.865. The Morgan fingerprint density at radius 3 is 2.61 bits per heavy atom. The number of carbonyl (C=O) groups excluding carboxylic acids is 1. The Morgan fingerprint density at radius 1 is 1.22 bits per heavy atom. The minimum atomic E-state index is -0.865. The first kappa shape index (κ1) is 12.4. The first-order valence-electron chi connectivity index (χ1n) is 5.17. The zero-order valence-corrected chi connectivity index (χ0v) is 10.0. The number of carbonyl (C=O) groups is 1. The van der Waals surface area contributed by atoms with Crippen molar-refractivity contribution in [2.24, 2.45) is 0 Å². The summed E-state index contributed by atoms with van der Waals surface area (Å²) < 4.78 is 10.2. The Balaban J connectivity index is 2.24. The summed E-state index contributed by atoms with van der Waals surface area (Å²) >= 11 is 5.31. The molecule has 2 aromatic rings. The van der Waals surface area contributed by atoms with E-state index in [1.807, 2.05) is 30.3 Å². The van der Waals surface area contributed by atoms with Gasteiger partial charge in [-0.3, -0.25) is 9.59 Å². The van der Waals surface area contributed by atoms with Crippen LogP contribution in [0, 0.1) is 0 Å². The summed E-state index contributed by atoms with van der Waals surface area (Å²) in [4.78, 5) is 22.7. The van der Waals surface area contributed by atoms with Crippen LogP contribution in [0.25, 0.3) is 0 Å². The normalized spacial score (nSPS) is 10.1. The van der Waals surface area contributed by atoms with Crippen LogP contribution in [-0.4, -0.2) is 5.24 Å². The molecule has 0 saturated heterocycles. The lowest BCUT2D eigenvalue weighted by Crippen LogP contribution is -2.11. The molecule has 0 radical (unpaired) electrons. The number of hydrogen-bond acceptors (Lipinski definition) is 4. The van der Waals surface area contributed by atoms with E-state index in [-0.39, 0.29) is 18.1 Å². The molecule has 92 valence electrons. The highest BCUT2D eigenvalue weighted by atomic mass is 35.5. The van der Waals surface area contributed by atoms with Crippen LogP contribution < -0.4 is 10.2 Å². The van der Waals surface area contributed by atoms with Gasteiger partial charge in [-0.2, -0.15) is 0 Å². The monoisotopic (exact) mass is 264 g/mol. The average Bonchev–Trinajstić information content (AvgIpc) is 2.38. The molecule has 0 aliphatic rings. The second-order valence-electron chi connectivity index (χ2n) is 3.49. The highest BCUT2D eigenvalue weighted by Crippen LogP contribution is 2.16. The number of benzene rings is 1. The van der Waals surface area contributed by atoms with Crippen molar-refractivity contribution in [3.63, 3.8) is 0 Å². The molecule has 0 aliphatic heterocycles. The van der Waals surface area contributed by atoms with Crippen molar-refractivity contribution < 1.29 is 13.9 Å². The number of ether oxygens (including phenoxy) is 1. The van der Waals surface area contributed by atoms with Gasteiger partial charge in [0.05, 0.1) is 6.26 Å². The molecule has 4 nitrogen and oxygen atoms in total. The topological polar surface area (TPSA) is 56.5 Å². The Bertz CT molecular complexity index is 604. The van der Waals surface area contributed by atoms with Crippen molar-refractivity contribution in [3.8, 4) is 5.75 Å². The van der Waals surface area contributed by atoms with Gasteiger partial charge in [-0.15, -0.1) is 0 Å². The van der Waals surface area contributed by atoms with Gasteiger partial charge >= 0.3 is 0 Å². The highest BCUT2D eigenvalue weighted by Gasteiger charge is 2.16. The molecule has 2 rings (SSSR count). The molecule has 0 saturated carbocycles. The van der Waals surface area contributed by atoms with Gasteiger partial charge in [-0.05, 0) is 17.2 Å². The van der Waals surface area contributed by atoms with E-state index < -0.39 is 10.7 Å². The van der Waals surface area contributed by atoms with Crippen molar-refractivity contribution >= 4 is 16.8 Å². The third-order valence-electron chi connectivity index (χ3n) is 2.24. The second-order valence-corrected chi connectivity index (χ2v) is 3.83. The van der Waals surface area contributed by atoms with Gasteiger partial charge in [-0.25, -0.2) is 0 Å². The van der Waals surface area contributed by atoms with Crippen molar-refractivity contribution in [1.29, 1.82) is 0 Å². The molecular weight excluding hydrogens is 256 g/mol. The number of hydrogen-bond donors (Lipinski definition) is 0. The standard InChI is InChI=1S/C13H9ClO4/c14-13(16)12-11(10(15)6-7-17-12)18-8-9-4-2-1-3-5-9/h1-7H,8H2. The fourth-order valence-corrected chi connectivity index (χ4v) is 1.54. The molecule has 0 atom stereocenters. The lowest BCUT2D eigenvalue weighted by atomic mass is 10.2. The van der Waals surface area contributed by atoms with Crippen LogP contribution in [0.3, 0.4) is 0 Å². The van der Waals surface area contributed by atoms with Crippen molar-refractivity contribution in [2.75, 3.05) is 0 Å². The SMILES string of the molecule is O=C(Cl)c1occc(=O)c1OCc1ccccc1. The minimum absolute atomic E-state index is 0.160. The maximum atomic E-state index is 11.6. The third-order valence-corrected chi connectivity index (χ3v) is 2.41. The van der Waals surface area contributed by atoms with Gasteiger partial charge in [0.25, 0.3) is 5.24 Å². The first-order valence-corrected chi connectivity index (χ1v) is 5.54. The fraction of sp³-hybridized carbons (Fsp3) is 0.0769. The fourth-order valence-electron chi connectivity index (χ4n) is 1.41. The van der Waals surface area contributed by atoms with Crippen LogP contribution >= 0.6 is 11.6 Å². The van der Waals surface area contributed by atoms with E-state index in [2.05, 4.69) is 0 Å². The summed E-state index contributed by atoms with van der Waals surface area (Å²) in [6, 6.07) is 10.4. The Morgan fingerprint density at radius 2 is 1.94 bits per heavy atom. The van der Waals surface area contributed by atoms with Crippen LogP contribution in [0.15, 0.2) is 51.9 Å². The second kappa shape index (κ2) is 5.51. The maximum Gasteiger partial charge on any atom is 0.291 e. The van der Waals surface area contributed by atoms with Gasteiger partial charge in [-0.1, -0.05) is 30.3 Å². The molecule has 0 amide bonds. The molecular formula is C13H9ClO4. The van der Waals surface area contributed by atoms with Gasteiger partial charge in [0.15, 0.2) is 0 Å². The summed E-state index contributed by atoms with van der Waals surface area (Å²) in [5.41, 5.74) is 0.426. The third kappa shape index (κ3) is 2.78. The molecule has 0 fully saturated rings. The predicted octanol–water partition coefficient (Wildman–Crippen LogP) is 2.60. The van der Waals surface area contributed by atoms with E-state index in [9.17, 15) is 9.59 Å². The Labute approximate surface area is 108 Å². The molecule has 0 unspecified atom stereocenters. The van der Waals surface area contributed by atoms with Gasteiger partial charge in [0.2, 0.25) is 16.9 Å². The molecule has 5 heteroatoms. The van der Waals surface area contributed by atoms with Crippen LogP contribution in [0.5, 0.6) is 5.75 Å². The van der Waals surface area contributed by atoms with Crippen LogP contribution in [-0.2, 0) is 6.61 Å². The van der Waals surface area contributed by atoms with Gasteiger partial charge < -0.3 is 9.15 Å². The van der Waals surface area contributed by atoms with E-state index in [4.69, 9.17) is 20.8 Å². The Kier molecular flexibility index (Phi) is 3.79. The largest absolute Gasteiger partial charge is 0.481 e. The average molecular weight is 265 g/mol. The summed E-state index contributed by atoms with van der Waals surface area (Å²) in [5.74, 6) is -0.443. The van der Waals surface area contributed by atoms with Crippen molar-refractivity contribution in [1.82, 2.24) is 0 Å². The van der Waals surface area contributed by atoms with Crippen molar-refractivity contribution in [3.05, 3.63) is 64.2 Å². The lowest BCUT2D eigenvalue weighted by molar-refractivity contribution is 0.104. The molecule has 0 aliphatic carbocycles. The summed E-state index contributed by atoms with van der Waals surface area (Å²) in [6.07, 6.45) is 1.10. The summed E-state index contributed by atoms with van der Waals surface area (Å²) in [6.45, 7) is 0.160. The van der Waals surface area contributed by atoms with Crippen LogP contribution in [0.1, 0.15) is 16.1 Å². The molecule has 1 heterocycles. The van der Waals surface area contributed by atoms with Gasteiger partial charge in [0, 0.05) is 6.07 Å². The van der Waals surface area contributed by atoms with E-state index in [0.717, 1.165) is 11.8 Å². The van der Waals surface area contributed by atoms with E-state index in [1.54, 1.807) is 0 Å². The molecule has 0 N–H and O–H groups in total. The molecule has 18 heavy (non-hydrogen) atoms.